The van der Waals surface area contributed by atoms with Gasteiger partial charge < -0.3 is 9.72 Å². The molecule has 0 aromatic carbocycles. The molecule has 0 spiro atoms. The van der Waals surface area contributed by atoms with E-state index in [1.54, 1.807) is 0 Å². The highest BCUT2D eigenvalue weighted by Crippen LogP contribution is 2.14. The van der Waals surface area contributed by atoms with Gasteiger partial charge in [0.15, 0.2) is 11.7 Å². The molecule has 2 rings (SSSR count). The fourth-order valence-electron chi connectivity index (χ4n) is 1.26. The Morgan fingerprint density at radius 2 is 2.37 bits per heavy atom. The Balaban J connectivity index is 1.82. The van der Waals surface area contributed by atoms with Gasteiger partial charge in [-0.05, 0) is 13.0 Å². The first-order valence-electron chi connectivity index (χ1n) is 5.27. The second kappa shape index (κ2) is 5.85. The Hall–Kier alpha value is -1.86. The number of nitrogens with zero attached hydrogens (tertiary/aromatic N) is 1. The summed E-state index contributed by atoms with van der Waals surface area (Å²) in [6.45, 7) is 1.44. The van der Waals surface area contributed by atoms with Crippen molar-refractivity contribution in [3.63, 3.8) is 0 Å². The SMILES string of the molecule is Cc1csc(NC(=O)COC(=O)c2cc(Cl)c[nH]2)n1. The number of halogens is 1. The summed E-state index contributed by atoms with van der Waals surface area (Å²) in [5.41, 5.74) is 1.02. The van der Waals surface area contributed by atoms with Crippen LogP contribution in [-0.2, 0) is 9.53 Å². The van der Waals surface area contributed by atoms with E-state index >= 15 is 0 Å². The van der Waals surface area contributed by atoms with Crippen molar-refractivity contribution in [1.29, 1.82) is 0 Å². The van der Waals surface area contributed by atoms with Crippen LogP contribution in [0.25, 0.3) is 0 Å². The van der Waals surface area contributed by atoms with Crippen LogP contribution in [0.2, 0.25) is 5.02 Å². The number of aromatic nitrogens is 2. The van der Waals surface area contributed by atoms with Crippen molar-refractivity contribution in [2.45, 2.75) is 6.92 Å². The average molecular weight is 300 g/mol. The quantitative estimate of drug-likeness (QED) is 0.848. The number of aryl methyl sites for hydroxylation is 1. The van der Waals surface area contributed by atoms with Crippen LogP contribution >= 0.6 is 22.9 Å². The van der Waals surface area contributed by atoms with E-state index in [1.165, 1.54) is 23.6 Å². The number of H-pyrrole nitrogens is 1. The molecular weight excluding hydrogens is 290 g/mol. The van der Waals surface area contributed by atoms with Crippen LogP contribution < -0.4 is 5.32 Å². The predicted molar refractivity (Wildman–Crippen MR) is 71.6 cm³/mol. The number of anilines is 1. The minimum atomic E-state index is -0.641. The number of amides is 1. The molecule has 0 aliphatic rings. The molecular formula is C11H10ClN3O3S. The average Bonchev–Trinajstić information content (AvgIpc) is 2.95. The summed E-state index contributed by atoms with van der Waals surface area (Å²) in [4.78, 5) is 29.7. The molecule has 2 aromatic rings. The molecule has 2 heterocycles. The highest BCUT2D eigenvalue weighted by Gasteiger charge is 2.12. The lowest BCUT2D eigenvalue weighted by atomic mass is 10.4. The van der Waals surface area contributed by atoms with Crippen LogP contribution in [0.3, 0.4) is 0 Å². The third kappa shape index (κ3) is 3.80. The first-order valence-corrected chi connectivity index (χ1v) is 6.53. The number of ether oxygens (including phenoxy) is 1. The lowest BCUT2D eigenvalue weighted by molar-refractivity contribution is -0.119. The summed E-state index contributed by atoms with van der Waals surface area (Å²) in [6.07, 6.45) is 1.45. The largest absolute Gasteiger partial charge is 0.451 e. The number of nitrogens with one attached hydrogen (secondary N) is 2. The normalized spacial score (nSPS) is 10.2. The first kappa shape index (κ1) is 13.6. The molecule has 0 aliphatic carbocycles. The zero-order valence-corrected chi connectivity index (χ0v) is 11.5. The molecule has 0 fully saturated rings. The molecule has 0 aliphatic heterocycles. The molecule has 2 N–H and O–H groups in total. The van der Waals surface area contributed by atoms with Gasteiger partial charge in [0.05, 0.1) is 10.7 Å². The van der Waals surface area contributed by atoms with Gasteiger partial charge in [-0.1, -0.05) is 11.6 Å². The summed E-state index contributed by atoms with van der Waals surface area (Å²) in [5, 5.41) is 5.21. The first-order chi connectivity index (χ1) is 9.04. The number of aromatic amines is 1. The van der Waals surface area contributed by atoms with E-state index in [4.69, 9.17) is 16.3 Å². The summed E-state index contributed by atoms with van der Waals surface area (Å²) >= 11 is 6.96. The number of hydrogen-bond donors (Lipinski definition) is 2. The van der Waals surface area contributed by atoms with Gasteiger partial charge in [0.2, 0.25) is 0 Å². The fourth-order valence-corrected chi connectivity index (χ4v) is 2.13. The number of thiazole rings is 1. The van der Waals surface area contributed by atoms with Crippen molar-refractivity contribution in [1.82, 2.24) is 9.97 Å². The summed E-state index contributed by atoms with van der Waals surface area (Å²) in [7, 11) is 0. The summed E-state index contributed by atoms with van der Waals surface area (Å²) < 4.78 is 4.82. The van der Waals surface area contributed by atoms with Crippen LogP contribution in [0.5, 0.6) is 0 Å². The van der Waals surface area contributed by atoms with E-state index < -0.39 is 11.9 Å². The second-order valence-electron chi connectivity index (χ2n) is 3.65. The molecule has 0 unspecified atom stereocenters. The van der Waals surface area contributed by atoms with E-state index in [0.29, 0.717) is 10.2 Å². The Morgan fingerprint density at radius 3 is 2.95 bits per heavy atom. The predicted octanol–water partition coefficient (Wildman–Crippen LogP) is 2.23. The van der Waals surface area contributed by atoms with Gasteiger partial charge in [0.1, 0.15) is 5.69 Å². The van der Waals surface area contributed by atoms with Gasteiger partial charge in [0, 0.05) is 11.6 Å². The van der Waals surface area contributed by atoms with E-state index in [0.717, 1.165) is 5.69 Å². The number of esters is 1. The number of carbonyl (C=O) groups is 2. The van der Waals surface area contributed by atoms with Gasteiger partial charge in [-0.3, -0.25) is 10.1 Å². The van der Waals surface area contributed by atoms with Crippen molar-refractivity contribution >= 4 is 39.9 Å². The molecule has 0 bridgehead atoms. The van der Waals surface area contributed by atoms with Crippen LogP contribution in [0.15, 0.2) is 17.6 Å². The van der Waals surface area contributed by atoms with E-state index in [1.807, 2.05) is 12.3 Å². The van der Waals surface area contributed by atoms with Crippen LogP contribution in [-0.4, -0.2) is 28.5 Å². The molecule has 8 heteroatoms. The molecule has 0 saturated carbocycles. The second-order valence-corrected chi connectivity index (χ2v) is 4.94. The van der Waals surface area contributed by atoms with Gasteiger partial charge in [-0.2, -0.15) is 0 Å². The number of rotatable bonds is 4. The van der Waals surface area contributed by atoms with E-state index in [9.17, 15) is 9.59 Å². The lowest BCUT2D eigenvalue weighted by Crippen LogP contribution is -2.21. The molecule has 1 amide bonds. The smallest absolute Gasteiger partial charge is 0.355 e. The van der Waals surface area contributed by atoms with Gasteiger partial charge in [-0.25, -0.2) is 9.78 Å². The molecule has 0 atom stereocenters. The van der Waals surface area contributed by atoms with Crippen LogP contribution in [0.1, 0.15) is 16.2 Å². The van der Waals surface area contributed by atoms with Gasteiger partial charge >= 0.3 is 5.97 Å². The van der Waals surface area contributed by atoms with Crippen molar-refractivity contribution in [2.75, 3.05) is 11.9 Å². The Labute approximate surface area is 117 Å². The maximum Gasteiger partial charge on any atom is 0.355 e. The van der Waals surface area contributed by atoms with Crippen LogP contribution in [0.4, 0.5) is 5.13 Å². The topological polar surface area (TPSA) is 84.1 Å². The minimum Gasteiger partial charge on any atom is -0.451 e. The Morgan fingerprint density at radius 1 is 1.58 bits per heavy atom. The molecule has 6 nitrogen and oxygen atoms in total. The van der Waals surface area contributed by atoms with Gasteiger partial charge in [-0.15, -0.1) is 11.3 Å². The third-order valence-electron chi connectivity index (χ3n) is 2.07. The molecule has 0 radical (unpaired) electrons. The van der Waals surface area contributed by atoms with Crippen LogP contribution in [0, 0.1) is 6.92 Å². The van der Waals surface area contributed by atoms with E-state index in [2.05, 4.69) is 15.3 Å². The zero-order valence-electron chi connectivity index (χ0n) is 9.90. The molecule has 2 aromatic heterocycles. The highest BCUT2D eigenvalue weighted by molar-refractivity contribution is 7.13. The van der Waals surface area contributed by atoms with E-state index in [-0.39, 0.29) is 12.3 Å². The minimum absolute atomic E-state index is 0.197. The highest BCUT2D eigenvalue weighted by atomic mass is 35.5. The molecule has 0 saturated heterocycles. The van der Waals surface area contributed by atoms with Crippen molar-refractivity contribution < 1.29 is 14.3 Å². The van der Waals surface area contributed by atoms with Crippen molar-refractivity contribution in [3.05, 3.63) is 34.1 Å². The summed E-state index contributed by atoms with van der Waals surface area (Å²) in [6, 6.07) is 1.42. The maximum absolute atomic E-state index is 11.5. The fraction of sp³-hybridized carbons (Fsp3) is 0.182. The molecule has 19 heavy (non-hydrogen) atoms. The third-order valence-corrected chi connectivity index (χ3v) is 3.16. The van der Waals surface area contributed by atoms with Crippen molar-refractivity contribution in [2.24, 2.45) is 0 Å². The maximum atomic E-state index is 11.5. The van der Waals surface area contributed by atoms with Crippen molar-refractivity contribution in [3.8, 4) is 0 Å². The number of carbonyl (C=O) groups excluding carboxylic acids is 2. The standard InChI is InChI=1S/C11H10ClN3O3S/c1-6-5-19-11(14-6)15-9(16)4-18-10(17)8-2-7(12)3-13-8/h2-3,5,13H,4H2,1H3,(H,14,15,16). The molecule has 100 valence electrons. The number of hydrogen-bond acceptors (Lipinski definition) is 5. The van der Waals surface area contributed by atoms with Gasteiger partial charge in [0.25, 0.3) is 5.91 Å². The lowest BCUT2D eigenvalue weighted by Gasteiger charge is -2.03. The Kier molecular flexibility index (Phi) is 4.18. The Bertz CT molecular complexity index is 608. The zero-order chi connectivity index (χ0) is 13.8. The summed E-state index contributed by atoms with van der Waals surface area (Å²) in [5.74, 6) is -1.09. The monoisotopic (exact) mass is 299 g/mol.